The molecular formula is C11H17N3O5S. The van der Waals surface area contributed by atoms with E-state index in [2.05, 4.69) is 10.3 Å². The van der Waals surface area contributed by atoms with Crippen molar-refractivity contribution in [2.45, 2.75) is 38.3 Å². The maximum atomic E-state index is 11.6. The van der Waals surface area contributed by atoms with Gasteiger partial charge in [-0.25, -0.2) is 17.9 Å². The molecule has 8 nitrogen and oxygen atoms in total. The first-order valence-corrected chi connectivity index (χ1v) is 7.92. The van der Waals surface area contributed by atoms with E-state index in [9.17, 15) is 18.3 Å². The first-order chi connectivity index (χ1) is 9.03. The van der Waals surface area contributed by atoms with Crippen molar-refractivity contribution in [1.29, 1.82) is 0 Å². The lowest BCUT2D eigenvalue weighted by Gasteiger charge is -2.24. The van der Waals surface area contributed by atoms with Gasteiger partial charge in [0, 0.05) is 5.41 Å². The maximum absolute atomic E-state index is 11.6. The Labute approximate surface area is 116 Å². The topological polar surface area (TPSA) is 122 Å². The number of hydrogen-bond donors (Lipinski definition) is 2. The Kier molecular flexibility index (Phi) is 3.37. The SMILES string of the molecule is CC(C)(C)c1c(C(=O)O)nnn1C1CS(=O)(=O)CC1O. The number of aliphatic hydroxyl groups is 1. The zero-order valence-corrected chi connectivity index (χ0v) is 12.3. The van der Waals surface area contributed by atoms with Gasteiger partial charge in [-0.2, -0.15) is 0 Å². The molecule has 2 N–H and O–H groups in total. The summed E-state index contributed by atoms with van der Waals surface area (Å²) in [5.74, 6) is -1.83. The van der Waals surface area contributed by atoms with Crippen molar-refractivity contribution in [1.82, 2.24) is 15.0 Å². The van der Waals surface area contributed by atoms with E-state index >= 15 is 0 Å². The van der Waals surface area contributed by atoms with Gasteiger partial charge in [0.15, 0.2) is 15.5 Å². The van der Waals surface area contributed by atoms with Crippen LogP contribution < -0.4 is 0 Å². The number of aliphatic hydroxyl groups excluding tert-OH is 1. The van der Waals surface area contributed by atoms with Gasteiger partial charge in [-0.15, -0.1) is 5.10 Å². The van der Waals surface area contributed by atoms with Gasteiger partial charge in [0.05, 0.1) is 29.3 Å². The molecule has 0 aliphatic carbocycles. The number of aromatic carboxylic acids is 1. The van der Waals surface area contributed by atoms with Gasteiger partial charge in [0.25, 0.3) is 0 Å². The maximum Gasteiger partial charge on any atom is 0.358 e. The summed E-state index contributed by atoms with van der Waals surface area (Å²) < 4.78 is 24.4. The lowest BCUT2D eigenvalue weighted by molar-refractivity contribution is 0.0686. The van der Waals surface area contributed by atoms with Crippen LogP contribution in [0, 0.1) is 0 Å². The number of hydrogen-bond acceptors (Lipinski definition) is 6. The second kappa shape index (κ2) is 4.52. The average molecular weight is 303 g/mol. The second-order valence-electron chi connectivity index (χ2n) is 6.00. The van der Waals surface area contributed by atoms with Crippen molar-refractivity contribution in [2.24, 2.45) is 0 Å². The largest absolute Gasteiger partial charge is 0.476 e. The first-order valence-electron chi connectivity index (χ1n) is 6.10. The minimum absolute atomic E-state index is 0.214. The normalized spacial score (nSPS) is 25.8. The van der Waals surface area contributed by atoms with Gasteiger partial charge in [0.1, 0.15) is 0 Å². The number of sulfone groups is 1. The monoisotopic (exact) mass is 303 g/mol. The highest BCUT2D eigenvalue weighted by Crippen LogP contribution is 2.31. The average Bonchev–Trinajstić information content (AvgIpc) is 2.77. The van der Waals surface area contributed by atoms with Crippen LogP contribution in [-0.4, -0.2) is 57.2 Å². The van der Waals surface area contributed by atoms with Crippen LogP contribution in [0.4, 0.5) is 0 Å². The number of aromatic nitrogens is 3. The fraction of sp³-hybridized carbons (Fsp3) is 0.727. The van der Waals surface area contributed by atoms with Gasteiger partial charge in [-0.1, -0.05) is 26.0 Å². The highest BCUT2D eigenvalue weighted by molar-refractivity contribution is 7.91. The van der Waals surface area contributed by atoms with Crippen LogP contribution in [-0.2, 0) is 15.3 Å². The molecule has 2 rings (SSSR count). The Morgan fingerprint density at radius 2 is 1.95 bits per heavy atom. The molecule has 0 saturated carbocycles. The number of nitrogens with zero attached hydrogens (tertiary/aromatic N) is 3. The molecule has 1 aliphatic heterocycles. The summed E-state index contributed by atoms with van der Waals surface area (Å²) in [5, 5.41) is 26.4. The molecule has 1 aliphatic rings. The third-order valence-electron chi connectivity index (χ3n) is 3.22. The fourth-order valence-corrected chi connectivity index (χ4v) is 4.17. The Morgan fingerprint density at radius 1 is 1.35 bits per heavy atom. The summed E-state index contributed by atoms with van der Waals surface area (Å²) >= 11 is 0. The van der Waals surface area contributed by atoms with Crippen molar-refractivity contribution in [3.05, 3.63) is 11.4 Å². The van der Waals surface area contributed by atoms with Crippen molar-refractivity contribution >= 4 is 15.8 Å². The zero-order chi connectivity index (χ0) is 15.3. The quantitative estimate of drug-likeness (QED) is 0.762. The van der Waals surface area contributed by atoms with E-state index in [1.807, 2.05) is 0 Å². The van der Waals surface area contributed by atoms with E-state index in [1.165, 1.54) is 4.68 Å². The molecule has 1 aromatic rings. The van der Waals surface area contributed by atoms with Crippen LogP contribution in [0.25, 0.3) is 0 Å². The standard InChI is InChI=1S/C11H17N3O5S/c1-11(2,3)9-8(10(16)17)12-13-14(9)6-4-20(18,19)5-7(6)15/h6-7,15H,4-5H2,1-3H3,(H,16,17). The van der Waals surface area contributed by atoms with Crippen molar-refractivity contribution in [2.75, 3.05) is 11.5 Å². The van der Waals surface area contributed by atoms with Gasteiger partial charge >= 0.3 is 5.97 Å². The molecule has 112 valence electrons. The van der Waals surface area contributed by atoms with Crippen LogP contribution in [0.1, 0.15) is 43.0 Å². The van der Waals surface area contributed by atoms with Gasteiger partial charge < -0.3 is 10.2 Å². The highest BCUT2D eigenvalue weighted by atomic mass is 32.2. The Bertz CT molecular complexity index is 644. The summed E-state index contributed by atoms with van der Waals surface area (Å²) in [6, 6.07) is -0.796. The number of carboxylic acid groups (broad SMARTS) is 1. The van der Waals surface area contributed by atoms with Crippen LogP contribution >= 0.6 is 0 Å². The van der Waals surface area contributed by atoms with Crippen molar-refractivity contribution < 1.29 is 23.4 Å². The van der Waals surface area contributed by atoms with Crippen molar-refractivity contribution in [3.63, 3.8) is 0 Å². The van der Waals surface area contributed by atoms with Crippen LogP contribution in [0.15, 0.2) is 0 Å². The molecule has 2 atom stereocenters. The third kappa shape index (κ3) is 2.55. The lowest BCUT2D eigenvalue weighted by Crippen LogP contribution is -2.29. The molecule has 0 bridgehead atoms. The van der Waals surface area contributed by atoms with E-state index in [4.69, 9.17) is 5.11 Å². The molecule has 2 heterocycles. The molecule has 1 aromatic heterocycles. The third-order valence-corrected chi connectivity index (χ3v) is 4.91. The molecule has 20 heavy (non-hydrogen) atoms. The van der Waals surface area contributed by atoms with Gasteiger partial charge in [-0.05, 0) is 0 Å². The molecule has 2 unspecified atom stereocenters. The van der Waals surface area contributed by atoms with E-state index < -0.39 is 33.4 Å². The minimum Gasteiger partial charge on any atom is -0.476 e. The van der Waals surface area contributed by atoms with Crippen molar-refractivity contribution in [3.8, 4) is 0 Å². The molecule has 0 radical (unpaired) electrons. The summed E-state index contributed by atoms with van der Waals surface area (Å²) in [4.78, 5) is 11.2. The molecule has 0 amide bonds. The Hall–Kier alpha value is -1.48. The van der Waals surface area contributed by atoms with E-state index in [0.29, 0.717) is 5.69 Å². The highest BCUT2D eigenvalue weighted by Gasteiger charge is 2.42. The van der Waals surface area contributed by atoms with Crippen LogP contribution in [0.3, 0.4) is 0 Å². The first kappa shape index (κ1) is 14.9. The summed E-state index contributed by atoms with van der Waals surface area (Å²) in [6.45, 7) is 5.35. The van der Waals surface area contributed by atoms with Crippen LogP contribution in [0.2, 0.25) is 0 Å². The summed E-state index contributed by atoms with van der Waals surface area (Å²) in [7, 11) is -3.35. The van der Waals surface area contributed by atoms with Gasteiger partial charge in [-0.3, -0.25) is 0 Å². The second-order valence-corrected chi connectivity index (χ2v) is 8.15. The molecule has 0 spiro atoms. The molecule has 0 aromatic carbocycles. The fourth-order valence-electron chi connectivity index (χ4n) is 2.41. The number of carbonyl (C=O) groups is 1. The Morgan fingerprint density at radius 3 is 2.35 bits per heavy atom. The van der Waals surface area contributed by atoms with Crippen LogP contribution in [0.5, 0.6) is 0 Å². The summed E-state index contributed by atoms with van der Waals surface area (Å²) in [6.07, 6.45) is -1.11. The Balaban J connectivity index is 2.56. The number of rotatable bonds is 2. The molecule has 1 saturated heterocycles. The van der Waals surface area contributed by atoms with Gasteiger partial charge in [0.2, 0.25) is 0 Å². The lowest BCUT2D eigenvalue weighted by atomic mass is 9.90. The summed E-state index contributed by atoms with van der Waals surface area (Å²) in [5.41, 5.74) is -0.497. The predicted octanol–water partition coefficient (Wildman–Crippen LogP) is -0.396. The number of carboxylic acids is 1. The molecule has 1 fully saturated rings. The predicted molar refractivity (Wildman–Crippen MR) is 69.4 cm³/mol. The van der Waals surface area contributed by atoms with E-state index in [0.717, 1.165) is 0 Å². The van der Waals surface area contributed by atoms with E-state index in [1.54, 1.807) is 20.8 Å². The smallest absolute Gasteiger partial charge is 0.358 e. The van der Waals surface area contributed by atoms with E-state index in [-0.39, 0.29) is 17.2 Å². The zero-order valence-electron chi connectivity index (χ0n) is 11.4. The molecular weight excluding hydrogens is 286 g/mol. The minimum atomic E-state index is -3.35. The molecule has 9 heteroatoms.